The van der Waals surface area contributed by atoms with Crippen LogP contribution in [0.3, 0.4) is 0 Å². The quantitative estimate of drug-likeness (QED) is 0.0262. The van der Waals surface area contributed by atoms with Gasteiger partial charge in [0.05, 0.1) is 25.4 Å². The van der Waals surface area contributed by atoms with Crippen molar-refractivity contribution in [1.82, 2.24) is 5.32 Å². The summed E-state index contributed by atoms with van der Waals surface area (Å²) in [4.78, 5) is 13.0. The van der Waals surface area contributed by atoms with Gasteiger partial charge in [0.25, 0.3) is 0 Å². The van der Waals surface area contributed by atoms with Crippen molar-refractivity contribution in [3.8, 4) is 0 Å². The monoisotopic (exact) mass is 908 g/mol. The van der Waals surface area contributed by atoms with Crippen molar-refractivity contribution < 1.29 is 39.8 Å². The maximum Gasteiger partial charge on any atom is 0.220 e. The van der Waals surface area contributed by atoms with Gasteiger partial charge in [0, 0.05) is 6.42 Å². The molecule has 9 nitrogen and oxygen atoms in total. The summed E-state index contributed by atoms with van der Waals surface area (Å²) in [6.45, 7) is 3.54. The van der Waals surface area contributed by atoms with Gasteiger partial charge in [-0.25, -0.2) is 0 Å². The lowest BCUT2D eigenvalue weighted by molar-refractivity contribution is -0.302. The molecule has 1 amide bonds. The normalized spacial score (nSPS) is 20.9. The number of hydrogen-bond acceptors (Lipinski definition) is 8. The second kappa shape index (κ2) is 44.7. The summed E-state index contributed by atoms with van der Waals surface area (Å²) in [5, 5.41) is 54.2. The molecule has 0 radical (unpaired) electrons. The van der Waals surface area contributed by atoms with Gasteiger partial charge in [-0.1, -0.05) is 194 Å². The summed E-state index contributed by atoms with van der Waals surface area (Å²) < 4.78 is 11.2. The number of allylic oxidation sites excluding steroid dienone is 17. The van der Waals surface area contributed by atoms with Gasteiger partial charge in [-0.15, -0.1) is 0 Å². The average molecular weight is 908 g/mol. The fourth-order valence-corrected chi connectivity index (χ4v) is 7.26. The first-order valence-corrected chi connectivity index (χ1v) is 25.6. The number of unbranched alkanes of at least 4 members (excludes halogenated alkanes) is 15. The van der Waals surface area contributed by atoms with E-state index in [1.165, 1.54) is 57.8 Å². The molecule has 1 rings (SSSR count). The molecular weight excluding hydrogens is 815 g/mol. The maximum absolute atomic E-state index is 13.0. The van der Waals surface area contributed by atoms with Crippen LogP contribution in [0.2, 0.25) is 0 Å². The molecule has 0 aromatic heterocycles. The minimum Gasteiger partial charge on any atom is -0.394 e. The molecule has 0 aromatic rings. The van der Waals surface area contributed by atoms with E-state index >= 15 is 0 Å². The number of carbonyl (C=O) groups is 1. The van der Waals surface area contributed by atoms with Gasteiger partial charge in [0.1, 0.15) is 24.4 Å². The zero-order chi connectivity index (χ0) is 47.3. The highest BCUT2D eigenvalue weighted by molar-refractivity contribution is 5.76. The number of carbonyl (C=O) groups excluding carboxylic acids is 1. The predicted octanol–water partition coefficient (Wildman–Crippen LogP) is 11.8. The van der Waals surface area contributed by atoms with E-state index < -0.39 is 49.5 Å². The number of aliphatic hydroxyl groups excluding tert-OH is 5. The first kappa shape index (κ1) is 59.9. The van der Waals surface area contributed by atoms with E-state index in [9.17, 15) is 30.3 Å². The molecule has 1 aliphatic heterocycles. The van der Waals surface area contributed by atoms with Crippen LogP contribution in [0.5, 0.6) is 0 Å². The van der Waals surface area contributed by atoms with Crippen molar-refractivity contribution in [3.05, 3.63) is 109 Å². The molecule has 7 unspecified atom stereocenters. The lowest BCUT2D eigenvalue weighted by Gasteiger charge is -2.40. The molecule has 370 valence electrons. The summed E-state index contributed by atoms with van der Waals surface area (Å²) in [5.74, 6) is -0.201. The lowest BCUT2D eigenvalue weighted by Crippen LogP contribution is -2.60. The van der Waals surface area contributed by atoms with Crippen molar-refractivity contribution in [3.63, 3.8) is 0 Å². The van der Waals surface area contributed by atoms with Gasteiger partial charge in [-0.2, -0.15) is 0 Å². The zero-order valence-corrected chi connectivity index (χ0v) is 40.7. The van der Waals surface area contributed by atoms with Crippen LogP contribution in [-0.2, 0) is 14.3 Å². The third-order valence-corrected chi connectivity index (χ3v) is 11.3. The van der Waals surface area contributed by atoms with E-state index in [0.717, 1.165) is 103 Å². The maximum atomic E-state index is 13.0. The van der Waals surface area contributed by atoms with E-state index in [-0.39, 0.29) is 12.5 Å². The SMILES string of the molecule is CC/C=C\C/C=C\C/C=C\C/C=C\C/C=C\C/C=C\CCCCCCCCCCCCCCC(=O)NC(COC1OC(CO)C(O)C(O)C1O)C(O)/C=C/CC/C=C/CC/C=C/CCC. The Labute approximate surface area is 396 Å². The fourth-order valence-electron chi connectivity index (χ4n) is 7.26. The Balaban J connectivity index is 2.20. The number of amides is 1. The lowest BCUT2D eigenvalue weighted by atomic mass is 9.99. The van der Waals surface area contributed by atoms with Gasteiger partial charge in [0.15, 0.2) is 6.29 Å². The predicted molar refractivity (Wildman–Crippen MR) is 271 cm³/mol. The van der Waals surface area contributed by atoms with Gasteiger partial charge >= 0.3 is 0 Å². The molecule has 0 aliphatic carbocycles. The number of nitrogens with one attached hydrogen (secondary N) is 1. The number of ether oxygens (including phenoxy) is 2. The molecule has 1 aliphatic rings. The Hall–Kier alpha value is -3.15. The molecule has 0 spiro atoms. The molecular formula is C56H93NO8. The molecule has 1 saturated heterocycles. The minimum atomic E-state index is -1.58. The van der Waals surface area contributed by atoms with E-state index in [1.54, 1.807) is 6.08 Å². The summed E-state index contributed by atoms with van der Waals surface area (Å²) in [5.41, 5.74) is 0. The summed E-state index contributed by atoms with van der Waals surface area (Å²) in [6.07, 6.45) is 58.7. The van der Waals surface area contributed by atoms with Crippen LogP contribution >= 0.6 is 0 Å². The molecule has 9 heteroatoms. The number of hydrogen-bond donors (Lipinski definition) is 6. The second-order valence-electron chi connectivity index (χ2n) is 17.2. The summed E-state index contributed by atoms with van der Waals surface area (Å²) in [7, 11) is 0. The molecule has 6 N–H and O–H groups in total. The standard InChI is InChI=1S/C56H93NO8/c1-3-5-7-9-11-13-15-16-17-18-19-20-21-22-23-24-25-26-27-28-29-30-31-32-33-34-36-38-40-42-44-46-52(60)57-49(48-64-56-55(63)54(62)53(61)51(47-58)65-56)50(59)45-43-41-39-37-35-14-12-10-8-6-4-2/h5,7-8,10-11,13,16-17,19-20,22-23,25-26,35,37,43,45,49-51,53-56,58-59,61-63H,3-4,6,9,12,14-15,18,21,24,27-34,36,38-42,44,46-48H2,1-2H3,(H,57,60)/b7-5-,10-8+,13-11-,17-16-,20-19-,23-22-,26-25-,37-35+,45-43+. The molecule has 1 fully saturated rings. The third kappa shape index (κ3) is 34.8. The highest BCUT2D eigenvalue weighted by atomic mass is 16.7. The Morgan fingerprint density at radius 1 is 0.538 bits per heavy atom. The van der Waals surface area contributed by atoms with Gasteiger partial charge < -0.3 is 40.3 Å². The first-order chi connectivity index (χ1) is 31.8. The van der Waals surface area contributed by atoms with E-state index in [4.69, 9.17) is 9.47 Å². The molecule has 65 heavy (non-hydrogen) atoms. The average Bonchev–Trinajstić information content (AvgIpc) is 3.31. The Bertz CT molecular complexity index is 1380. The van der Waals surface area contributed by atoms with Crippen molar-refractivity contribution in [2.24, 2.45) is 0 Å². The molecule has 0 bridgehead atoms. The van der Waals surface area contributed by atoms with Crippen LogP contribution in [0.1, 0.15) is 181 Å². The van der Waals surface area contributed by atoms with Gasteiger partial charge in [-0.05, 0) is 89.9 Å². The van der Waals surface area contributed by atoms with Crippen LogP contribution in [0.25, 0.3) is 0 Å². The van der Waals surface area contributed by atoms with Gasteiger partial charge in [0.2, 0.25) is 5.91 Å². The number of rotatable bonds is 41. The fraction of sp³-hybridized carbons (Fsp3) is 0.661. The zero-order valence-electron chi connectivity index (χ0n) is 40.7. The highest BCUT2D eigenvalue weighted by Crippen LogP contribution is 2.22. The van der Waals surface area contributed by atoms with Crippen LogP contribution in [-0.4, -0.2) is 87.5 Å². The van der Waals surface area contributed by atoms with Crippen molar-refractivity contribution in [1.29, 1.82) is 0 Å². The molecule has 7 atom stereocenters. The third-order valence-electron chi connectivity index (χ3n) is 11.3. The van der Waals surface area contributed by atoms with E-state index in [0.29, 0.717) is 6.42 Å². The Morgan fingerprint density at radius 3 is 1.46 bits per heavy atom. The van der Waals surface area contributed by atoms with Gasteiger partial charge in [-0.3, -0.25) is 4.79 Å². The second-order valence-corrected chi connectivity index (χ2v) is 17.2. The van der Waals surface area contributed by atoms with Crippen LogP contribution in [0, 0.1) is 0 Å². The van der Waals surface area contributed by atoms with Crippen molar-refractivity contribution >= 4 is 5.91 Å². The minimum absolute atomic E-state index is 0.201. The summed E-state index contributed by atoms with van der Waals surface area (Å²) >= 11 is 0. The Morgan fingerprint density at radius 2 is 0.969 bits per heavy atom. The topological polar surface area (TPSA) is 149 Å². The highest BCUT2D eigenvalue weighted by Gasteiger charge is 2.44. The molecule has 1 heterocycles. The van der Waals surface area contributed by atoms with Crippen LogP contribution in [0.4, 0.5) is 0 Å². The van der Waals surface area contributed by atoms with E-state index in [2.05, 4.69) is 116 Å². The smallest absolute Gasteiger partial charge is 0.220 e. The first-order valence-electron chi connectivity index (χ1n) is 25.6. The largest absolute Gasteiger partial charge is 0.394 e. The Kier molecular flexibility index (Phi) is 41.1. The van der Waals surface area contributed by atoms with Crippen LogP contribution in [0.15, 0.2) is 109 Å². The van der Waals surface area contributed by atoms with E-state index in [1.807, 2.05) is 6.08 Å². The molecule has 0 aromatic carbocycles. The number of aliphatic hydroxyl groups is 5. The summed E-state index contributed by atoms with van der Waals surface area (Å²) in [6, 6.07) is -0.834. The van der Waals surface area contributed by atoms with Crippen molar-refractivity contribution in [2.45, 2.75) is 224 Å². The van der Waals surface area contributed by atoms with Crippen molar-refractivity contribution in [2.75, 3.05) is 13.2 Å². The van der Waals surface area contributed by atoms with Crippen LogP contribution < -0.4 is 5.32 Å². The molecule has 0 saturated carbocycles.